The Morgan fingerprint density at radius 3 is 2.37 bits per heavy atom. The molecule has 0 fully saturated rings. The first-order valence-corrected chi connectivity index (χ1v) is 10.6. The highest BCUT2D eigenvalue weighted by atomic mass is 35.5. The summed E-state index contributed by atoms with van der Waals surface area (Å²) >= 11 is 7.24. The number of benzene rings is 2. The Labute approximate surface area is 184 Å². The fourth-order valence-electron chi connectivity index (χ4n) is 2.96. The van der Waals surface area contributed by atoms with Crippen molar-refractivity contribution in [3.05, 3.63) is 59.1 Å². The topological polar surface area (TPSA) is 103 Å². The third kappa shape index (κ3) is 4.83. The number of nitrogens with two attached hydrogens (primary N) is 1. The molecule has 3 aromatic rings. The molecule has 0 radical (unpaired) electrons. The number of halogens is 1. The molecule has 0 aliphatic carbocycles. The van der Waals surface area contributed by atoms with E-state index >= 15 is 0 Å². The number of nitrogens with one attached hydrogen (secondary N) is 1. The molecular formula is C21H22ClN5O2S. The highest BCUT2D eigenvalue weighted by Gasteiger charge is 2.24. The molecule has 3 N–H and O–H groups in total. The second kappa shape index (κ2) is 9.32. The Morgan fingerprint density at radius 2 is 1.73 bits per heavy atom. The Kier molecular flexibility index (Phi) is 6.79. The molecule has 0 aliphatic rings. The maximum atomic E-state index is 12.2. The number of urea groups is 1. The van der Waals surface area contributed by atoms with Gasteiger partial charge in [0.1, 0.15) is 0 Å². The lowest BCUT2D eigenvalue weighted by Crippen LogP contribution is -2.39. The van der Waals surface area contributed by atoms with Gasteiger partial charge in [0.05, 0.1) is 10.9 Å². The highest BCUT2D eigenvalue weighted by molar-refractivity contribution is 8.00. The number of imide groups is 1. The van der Waals surface area contributed by atoms with E-state index in [0.717, 1.165) is 16.8 Å². The maximum Gasteiger partial charge on any atom is 0.318 e. The molecule has 2 aromatic carbocycles. The van der Waals surface area contributed by atoms with E-state index < -0.39 is 17.2 Å². The molecule has 0 aliphatic heterocycles. The Morgan fingerprint density at radius 1 is 1.07 bits per heavy atom. The smallest absolute Gasteiger partial charge is 0.318 e. The Bertz CT molecular complexity index is 1070. The van der Waals surface area contributed by atoms with Crippen LogP contribution in [0.2, 0.25) is 5.02 Å². The van der Waals surface area contributed by atoms with Crippen LogP contribution in [0, 0.1) is 0 Å². The summed E-state index contributed by atoms with van der Waals surface area (Å²) < 4.78 is 1.93. The van der Waals surface area contributed by atoms with Gasteiger partial charge in [0.25, 0.3) is 0 Å². The van der Waals surface area contributed by atoms with Crippen LogP contribution in [-0.2, 0) is 4.79 Å². The molecule has 0 saturated heterocycles. The van der Waals surface area contributed by atoms with Crippen LogP contribution in [0.5, 0.6) is 0 Å². The molecule has 0 saturated carbocycles. The zero-order valence-electron chi connectivity index (χ0n) is 16.8. The van der Waals surface area contributed by atoms with Gasteiger partial charge in [-0.05, 0) is 48.7 Å². The molecule has 3 amide bonds. The van der Waals surface area contributed by atoms with Crippen molar-refractivity contribution in [1.82, 2.24) is 20.1 Å². The minimum absolute atomic E-state index is 0.259. The van der Waals surface area contributed by atoms with Crippen LogP contribution < -0.4 is 11.1 Å². The zero-order valence-corrected chi connectivity index (χ0v) is 18.4. The van der Waals surface area contributed by atoms with Crippen molar-refractivity contribution in [3.8, 4) is 17.1 Å². The van der Waals surface area contributed by atoms with Gasteiger partial charge in [-0.2, -0.15) is 0 Å². The van der Waals surface area contributed by atoms with Crippen molar-refractivity contribution in [2.75, 3.05) is 0 Å². The van der Waals surface area contributed by atoms with E-state index in [1.165, 1.54) is 11.8 Å². The maximum absolute atomic E-state index is 12.2. The third-order valence-electron chi connectivity index (χ3n) is 4.43. The molecule has 0 bridgehead atoms. The van der Waals surface area contributed by atoms with Gasteiger partial charge in [0.15, 0.2) is 11.0 Å². The van der Waals surface area contributed by atoms with Gasteiger partial charge in [-0.1, -0.05) is 55.4 Å². The Balaban J connectivity index is 2.11. The fraction of sp³-hybridized carbons (Fsp3) is 0.238. The molecule has 156 valence electrons. The SMILES string of the molecule is CC(Sc1nnc(-c2ccc(Cl)cc2)n1-c1ccccc1C(C)C)C(=O)NC(N)=O. The third-order valence-corrected chi connectivity index (χ3v) is 5.73. The molecule has 9 heteroatoms. The number of para-hydroxylation sites is 1. The van der Waals surface area contributed by atoms with E-state index in [9.17, 15) is 9.59 Å². The molecule has 30 heavy (non-hydrogen) atoms. The molecule has 1 heterocycles. The van der Waals surface area contributed by atoms with E-state index in [0.29, 0.717) is 16.0 Å². The first-order chi connectivity index (χ1) is 14.3. The molecule has 1 atom stereocenters. The normalized spacial score (nSPS) is 12.0. The van der Waals surface area contributed by atoms with E-state index in [4.69, 9.17) is 17.3 Å². The summed E-state index contributed by atoms with van der Waals surface area (Å²) in [6.07, 6.45) is 0. The molecule has 1 unspecified atom stereocenters. The van der Waals surface area contributed by atoms with Crippen LogP contribution in [0.25, 0.3) is 17.1 Å². The van der Waals surface area contributed by atoms with Crippen LogP contribution in [0.4, 0.5) is 4.79 Å². The monoisotopic (exact) mass is 443 g/mol. The number of amides is 3. The quantitative estimate of drug-likeness (QED) is 0.550. The minimum Gasteiger partial charge on any atom is -0.351 e. The van der Waals surface area contributed by atoms with Crippen LogP contribution >= 0.6 is 23.4 Å². The first kappa shape index (κ1) is 21.9. The minimum atomic E-state index is -0.888. The molecule has 1 aromatic heterocycles. The van der Waals surface area contributed by atoms with Crippen LogP contribution in [-0.4, -0.2) is 32.0 Å². The number of hydrogen-bond donors (Lipinski definition) is 2. The molecule has 3 rings (SSSR count). The van der Waals surface area contributed by atoms with E-state index in [2.05, 4.69) is 35.4 Å². The zero-order chi connectivity index (χ0) is 21.8. The van der Waals surface area contributed by atoms with Crippen molar-refractivity contribution in [2.24, 2.45) is 5.73 Å². The van der Waals surface area contributed by atoms with Crippen LogP contribution in [0.3, 0.4) is 0 Å². The standard InChI is InChI=1S/C21H22ClN5O2S/c1-12(2)16-6-4-5-7-17(16)27-18(14-8-10-15(22)11-9-14)25-26-21(27)30-13(3)19(28)24-20(23)29/h4-13H,1-3H3,(H3,23,24,28,29). The summed E-state index contributed by atoms with van der Waals surface area (Å²) in [4.78, 5) is 23.2. The van der Waals surface area contributed by atoms with Crippen molar-refractivity contribution in [1.29, 1.82) is 0 Å². The number of hydrogen-bond acceptors (Lipinski definition) is 5. The van der Waals surface area contributed by atoms with Crippen molar-refractivity contribution < 1.29 is 9.59 Å². The van der Waals surface area contributed by atoms with Gasteiger partial charge in [-0.15, -0.1) is 10.2 Å². The molecular weight excluding hydrogens is 422 g/mol. The van der Waals surface area contributed by atoms with Crippen LogP contribution in [0.1, 0.15) is 32.3 Å². The second-order valence-electron chi connectivity index (χ2n) is 6.98. The summed E-state index contributed by atoms with van der Waals surface area (Å²) in [7, 11) is 0. The number of rotatable bonds is 6. The average molecular weight is 444 g/mol. The van der Waals surface area contributed by atoms with Gasteiger partial charge < -0.3 is 5.73 Å². The van der Waals surface area contributed by atoms with Gasteiger partial charge in [0.2, 0.25) is 5.91 Å². The van der Waals surface area contributed by atoms with Crippen molar-refractivity contribution >= 4 is 35.3 Å². The molecule has 0 spiro atoms. The van der Waals surface area contributed by atoms with E-state index in [1.807, 2.05) is 34.9 Å². The number of nitrogens with zero attached hydrogens (tertiary/aromatic N) is 3. The second-order valence-corrected chi connectivity index (χ2v) is 8.72. The summed E-state index contributed by atoms with van der Waals surface area (Å²) in [6, 6.07) is 14.4. The Hall–Kier alpha value is -2.84. The first-order valence-electron chi connectivity index (χ1n) is 9.35. The number of thioether (sulfide) groups is 1. The van der Waals surface area contributed by atoms with Gasteiger partial charge in [-0.25, -0.2) is 4.79 Å². The number of primary amides is 1. The summed E-state index contributed by atoms with van der Waals surface area (Å²) in [5.41, 5.74) is 7.94. The van der Waals surface area contributed by atoms with Crippen molar-refractivity contribution in [3.63, 3.8) is 0 Å². The van der Waals surface area contributed by atoms with E-state index in [-0.39, 0.29) is 5.92 Å². The lowest BCUT2D eigenvalue weighted by molar-refractivity contribution is -0.119. The van der Waals surface area contributed by atoms with Crippen molar-refractivity contribution in [2.45, 2.75) is 37.1 Å². The lowest BCUT2D eigenvalue weighted by Gasteiger charge is -2.18. The lowest BCUT2D eigenvalue weighted by atomic mass is 10.0. The van der Waals surface area contributed by atoms with Crippen LogP contribution in [0.15, 0.2) is 53.7 Å². The summed E-state index contributed by atoms with van der Waals surface area (Å²) in [6.45, 7) is 5.90. The van der Waals surface area contributed by atoms with Gasteiger partial charge in [-0.3, -0.25) is 14.7 Å². The number of carbonyl (C=O) groups is 2. The predicted molar refractivity (Wildman–Crippen MR) is 119 cm³/mol. The predicted octanol–water partition coefficient (Wildman–Crippen LogP) is 4.39. The molecule has 7 nitrogen and oxygen atoms in total. The number of carbonyl (C=O) groups excluding carboxylic acids is 2. The summed E-state index contributed by atoms with van der Waals surface area (Å²) in [5, 5.41) is 11.4. The average Bonchev–Trinajstić information content (AvgIpc) is 3.11. The fourth-order valence-corrected chi connectivity index (χ4v) is 3.95. The number of aromatic nitrogens is 3. The largest absolute Gasteiger partial charge is 0.351 e. The summed E-state index contributed by atoms with van der Waals surface area (Å²) in [5.74, 6) is 0.395. The van der Waals surface area contributed by atoms with Gasteiger partial charge in [0, 0.05) is 10.6 Å². The van der Waals surface area contributed by atoms with E-state index in [1.54, 1.807) is 19.1 Å². The van der Waals surface area contributed by atoms with Gasteiger partial charge >= 0.3 is 6.03 Å². The highest BCUT2D eigenvalue weighted by Crippen LogP contribution is 2.33.